The van der Waals surface area contributed by atoms with Crippen LogP contribution in [0.5, 0.6) is 0 Å². The van der Waals surface area contributed by atoms with Crippen molar-refractivity contribution in [2.45, 2.75) is 44.9 Å². The molecule has 3 rings (SSSR count). The Morgan fingerprint density at radius 3 is 2.73 bits per heavy atom. The number of amides is 1. The summed E-state index contributed by atoms with van der Waals surface area (Å²) in [5, 5.41) is 8.80. The lowest BCUT2D eigenvalue weighted by Gasteiger charge is -2.30. The molecular formula is C21H29N3O4S2. The molecule has 3 heterocycles. The van der Waals surface area contributed by atoms with Crippen LogP contribution in [0.1, 0.15) is 49.4 Å². The molecule has 0 bridgehead atoms. The number of rotatable bonds is 8. The minimum absolute atomic E-state index is 0.0217. The Morgan fingerprint density at radius 2 is 2.10 bits per heavy atom. The maximum atomic E-state index is 13.3. The molecule has 0 atom stereocenters. The summed E-state index contributed by atoms with van der Waals surface area (Å²) < 4.78 is 33.3. The number of carbonyl (C=O) groups is 1. The number of nitrogens with one attached hydrogen (secondary N) is 1. The van der Waals surface area contributed by atoms with Crippen molar-refractivity contribution in [1.82, 2.24) is 14.8 Å². The first-order chi connectivity index (χ1) is 14.3. The van der Waals surface area contributed by atoms with Crippen LogP contribution in [0.2, 0.25) is 0 Å². The lowest BCUT2D eigenvalue weighted by atomic mass is 9.97. The van der Waals surface area contributed by atoms with Crippen LogP contribution in [-0.4, -0.2) is 43.4 Å². The highest BCUT2D eigenvalue weighted by atomic mass is 32.2. The Labute approximate surface area is 182 Å². The highest BCUT2D eigenvalue weighted by Crippen LogP contribution is 2.29. The van der Waals surface area contributed by atoms with Crippen molar-refractivity contribution in [3.8, 4) is 0 Å². The molecule has 0 aliphatic carbocycles. The second kappa shape index (κ2) is 9.89. The number of thiophene rings is 1. The van der Waals surface area contributed by atoms with E-state index < -0.39 is 10.0 Å². The van der Waals surface area contributed by atoms with Crippen molar-refractivity contribution in [2.24, 2.45) is 11.8 Å². The zero-order valence-electron chi connectivity index (χ0n) is 17.6. The molecule has 2 aromatic heterocycles. The van der Waals surface area contributed by atoms with Gasteiger partial charge in [0.15, 0.2) is 10.7 Å². The summed E-state index contributed by atoms with van der Waals surface area (Å²) >= 11 is 1.55. The van der Waals surface area contributed by atoms with E-state index >= 15 is 0 Å². The third-order valence-corrected chi connectivity index (χ3v) is 8.11. The van der Waals surface area contributed by atoms with Crippen LogP contribution in [0.25, 0.3) is 12.2 Å². The van der Waals surface area contributed by atoms with Gasteiger partial charge in [0.25, 0.3) is 0 Å². The second-order valence-corrected chi connectivity index (χ2v) is 10.8. The standard InChI is InChI=1S/C21H29N3O4S2/c1-15(2)8-11-22-21(25)17-9-12-24(13-10-17)30(26,27)20-16(3)23-28-19(20)7-6-18-5-4-14-29-18/h4-7,14-15,17H,8-13H2,1-3H3,(H,22,25)/b7-6+. The highest BCUT2D eigenvalue weighted by Gasteiger charge is 2.35. The number of carbonyl (C=O) groups excluding carboxylic acids is 1. The predicted octanol–water partition coefficient (Wildman–Crippen LogP) is 3.78. The lowest BCUT2D eigenvalue weighted by molar-refractivity contribution is -0.126. The van der Waals surface area contributed by atoms with Gasteiger partial charge in [-0.15, -0.1) is 11.3 Å². The van der Waals surface area contributed by atoms with Gasteiger partial charge in [0.05, 0.1) is 0 Å². The summed E-state index contributed by atoms with van der Waals surface area (Å²) in [6, 6.07) is 3.87. The monoisotopic (exact) mass is 451 g/mol. The van der Waals surface area contributed by atoms with E-state index in [1.165, 1.54) is 4.31 Å². The van der Waals surface area contributed by atoms with Gasteiger partial charge in [-0.2, -0.15) is 4.31 Å². The maximum Gasteiger partial charge on any atom is 0.248 e. The number of aromatic nitrogens is 1. The summed E-state index contributed by atoms with van der Waals surface area (Å²) in [5.74, 6) is 0.639. The Bertz CT molecular complexity index is 970. The fourth-order valence-corrected chi connectivity index (χ4v) is 5.80. The van der Waals surface area contributed by atoms with Crippen LogP contribution in [0.4, 0.5) is 0 Å². The number of sulfonamides is 1. The molecule has 1 aliphatic heterocycles. The van der Waals surface area contributed by atoms with Crippen molar-refractivity contribution in [3.63, 3.8) is 0 Å². The number of piperidine rings is 1. The van der Waals surface area contributed by atoms with E-state index in [4.69, 9.17) is 4.52 Å². The van der Waals surface area contributed by atoms with E-state index in [9.17, 15) is 13.2 Å². The fraction of sp³-hybridized carbons (Fsp3) is 0.524. The van der Waals surface area contributed by atoms with Crippen molar-refractivity contribution in [3.05, 3.63) is 33.8 Å². The second-order valence-electron chi connectivity index (χ2n) is 7.96. The molecule has 1 aliphatic rings. The Hall–Kier alpha value is -1.97. The summed E-state index contributed by atoms with van der Waals surface area (Å²) in [6.45, 7) is 7.15. The van der Waals surface area contributed by atoms with Gasteiger partial charge in [0.2, 0.25) is 15.9 Å². The summed E-state index contributed by atoms with van der Waals surface area (Å²) in [5.41, 5.74) is 0.342. The number of hydrogen-bond acceptors (Lipinski definition) is 6. The van der Waals surface area contributed by atoms with E-state index in [1.807, 2.05) is 23.6 Å². The van der Waals surface area contributed by atoms with Gasteiger partial charge in [-0.05, 0) is 55.7 Å². The first kappa shape index (κ1) is 22.7. The van der Waals surface area contributed by atoms with Crippen LogP contribution < -0.4 is 5.32 Å². The third-order valence-electron chi connectivity index (χ3n) is 5.22. The molecule has 0 unspecified atom stereocenters. The van der Waals surface area contributed by atoms with Gasteiger partial charge in [-0.1, -0.05) is 25.1 Å². The molecular weight excluding hydrogens is 422 g/mol. The molecule has 0 spiro atoms. The van der Waals surface area contributed by atoms with Gasteiger partial charge in [-0.3, -0.25) is 4.79 Å². The van der Waals surface area contributed by atoms with Crippen LogP contribution in [0, 0.1) is 18.8 Å². The molecule has 9 heteroatoms. The minimum atomic E-state index is -3.75. The predicted molar refractivity (Wildman–Crippen MR) is 118 cm³/mol. The van der Waals surface area contributed by atoms with E-state index in [2.05, 4.69) is 24.3 Å². The number of hydrogen-bond donors (Lipinski definition) is 1. The smallest absolute Gasteiger partial charge is 0.248 e. The van der Waals surface area contributed by atoms with E-state index in [1.54, 1.807) is 24.3 Å². The molecule has 164 valence electrons. The average Bonchev–Trinajstić information content (AvgIpc) is 3.35. The van der Waals surface area contributed by atoms with Crippen LogP contribution in [0.3, 0.4) is 0 Å². The van der Waals surface area contributed by atoms with Crippen LogP contribution >= 0.6 is 11.3 Å². The van der Waals surface area contributed by atoms with E-state index in [0.717, 1.165) is 11.3 Å². The molecule has 2 aromatic rings. The van der Waals surface area contributed by atoms with Crippen molar-refractivity contribution in [2.75, 3.05) is 19.6 Å². The fourth-order valence-electron chi connectivity index (χ4n) is 3.46. The number of nitrogens with zero attached hydrogens (tertiary/aromatic N) is 2. The van der Waals surface area contributed by atoms with Crippen LogP contribution in [0.15, 0.2) is 26.9 Å². The van der Waals surface area contributed by atoms with E-state index in [0.29, 0.717) is 44.1 Å². The van der Waals surface area contributed by atoms with Crippen molar-refractivity contribution >= 4 is 39.4 Å². The lowest BCUT2D eigenvalue weighted by Crippen LogP contribution is -2.43. The van der Waals surface area contributed by atoms with E-state index in [-0.39, 0.29) is 22.5 Å². The van der Waals surface area contributed by atoms with Gasteiger partial charge in [-0.25, -0.2) is 8.42 Å². The van der Waals surface area contributed by atoms with Gasteiger partial charge >= 0.3 is 0 Å². The first-order valence-corrected chi connectivity index (χ1v) is 12.6. The molecule has 1 saturated heterocycles. The van der Waals surface area contributed by atoms with Gasteiger partial charge in [0.1, 0.15) is 5.69 Å². The normalized spacial score (nSPS) is 16.5. The van der Waals surface area contributed by atoms with Crippen molar-refractivity contribution < 1.29 is 17.7 Å². The quantitative estimate of drug-likeness (QED) is 0.659. The Kier molecular flexibility index (Phi) is 7.49. The maximum absolute atomic E-state index is 13.3. The Balaban J connectivity index is 1.66. The zero-order valence-corrected chi connectivity index (χ0v) is 19.3. The van der Waals surface area contributed by atoms with Gasteiger partial charge in [0, 0.05) is 30.4 Å². The minimum Gasteiger partial charge on any atom is -0.356 e. The topological polar surface area (TPSA) is 92.5 Å². The Morgan fingerprint density at radius 1 is 1.37 bits per heavy atom. The molecule has 7 nitrogen and oxygen atoms in total. The largest absolute Gasteiger partial charge is 0.356 e. The molecule has 1 fully saturated rings. The zero-order chi connectivity index (χ0) is 21.7. The van der Waals surface area contributed by atoms with Gasteiger partial charge < -0.3 is 9.84 Å². The molecule has 0 saturated carbocycles. The third kappa shape index (κ3) is 5.39. The molecule has 0 aromatic carbocycles. The first-order valence-electron chi connectivity index (χ1n) is 10.2. The highest BCUT2D eigenvalue weighted by molar-refractivity contribution is 7.89. The van der Waals surface area contributed by atoms with Crippen LogP contribution in [-0.2, 0) is 14.8 Å². The molecule has 30 heavy (non-hydrogen) atoms. The average molecular weight is 452 g/mol. The SMILES string of the molecule is Cc1noc(/C=C/c2cccs2)c1S(=O)(=O)N1CCC(C(=O)NCCC(C)C)CC1. The molecule has 1 amide bonds. The molecule has 0 radical (unpaired) electrons. The van der Waals surface area contributed by atoms with Crippen molar-refractivity contribution in [1.29, 1.82) is 0 Å². The molecule has 1 N–H and O–H groups in total. The summed E-state index contributed by atoms with van der Waals surface area (Å²) in [4.78, 5) is 13.5. The summed E-state index contributed by atoms with van der Waals surface area (Å²) in [7, 11) is -3.75. The summed E-state index contributed by atoms with van der Waals surface area (Å²) in [6.07, 6.45) is 5.42. The number of aryl methyl sites for hydroxylation is 1.